The molecular weight excluding hydrogens is 106 g/mol. The Morgan fingerprint density at radius 1 is 1.71 bits per heavy atom. The van der Waals surface area contributed by atoms with Gasteiger partial charge in [0.25, 0.3) is 0 Å². The maximum Gasteiger partial charge on any atom is 0.158 e. The molecule has 0 bridgehead atoms. The molecule has 0 unspecified atom stereocenters. The Balaban J connectivity index is 3.00. The highest BCUT2D eigenvalue weighted by Crippen LogP contribution is 1.86. The van der Waals surface area contributed by atoms with Crippen molar-refractivity contribution in [3.8, 4) is 0 Å². The second kappa shape index (κ2) is 4.19. The van der Waals surface area contributed by atoms with E-state index in [2.05, 4.69) is 19.6 Å². The van der Waals surface area contributed by atoms with Gasteiger partial charge in [0.2, 0.25) is 0 Å². The minimum Gasteiger partial charge on any atom is -0.261 e. The van der Waals surface area contributed by atoms with Crippen LogP contribution in [0.4, 0.5) is 0 Å². The molecule has 0 saturated heterocycles. The van der Waals surface area contributed by atoms with Crippen LogP contribution in [-0.4, -0.2) is 11.5 Å². The number of rotatable bonds is 3. The van der Waals surface area contributed by atoms with Crippen molar-refractivity contribution in [2.75, 3.05) is 5.75 Å². The summed E-state index contributed by atoms with van der Waals surface area (Å²) >= 11 is 3.99. The number of nitrogens with two attached hydrogens (primary N) is 1. The van der Waals surface area contributed by atoms with Crippen LogP contribution in [-0.2, 0) is 0 Å². The van der Waals surface area contributed by atoms with Crippen molar-refractivity contribution < 1.29 is 5.41 Å². The van der Waals surface area contributed by atoms with E-state index in [1.807, 2.05) is 0 Å². The molecule has 2 heteroatoms. The highest BCUT2D eigenvalue weighted by molar-refractivity contribution is 7.81. The minimum atomic E-state index is 0.730. The smallest absolute Gasteiger partial charge is 0.158 e. The van der Waals surface area contributed by atoms with E-state index in [-0.39, 0.29) is 0 Å². The van der Waals surface area contributed by atoms with E-state index in [0.29, 0.717) is 0 Å². The van der Waals surface area contributed by atoms with Crippen LogP contribution in [0.1, 0.15) is 19.8 Å². The summed E-state index contributed by atoms with van der Waals surface area (Å²) in [5.74, 6) is 0.730. The van der Waals surface area contributed by atoms with Gasteiger partial charge in [-0.2, -0.15) is 12.6 Å². The number of thiol groups is 1. The summed E-state index contributed by atoms with van der Waals surface area (Å²) in [6, 6.07) is 0. The van der Waals surface area contributed by atoms with Crippen molar-refractivity contribution >= 4 is 18.3 Å². The summed E-state index contributed by atoms with van der Waals surface area (Å²) in [4.78, 5) is 0. The second-order valence-corrected chi connectivity index (χ2v) is 1.88. The van der Waals surface area contributed by atoms with E-state index >= 15 is 0 Å². The molecule has 0 aliphatic heterocycles. The van der Waals surface area contributed by atoms with Gasteiger partial charge in [0.1, 0.15) is 0 Å². The maximum absolute atomic E-state index is 5.42. The zero-order chi connectivity index (χ0) is 5.70. The van der Waals surface area contributed by atoms with Crippen molar-refractivity contribution in [3.63, 3.8) is 0 Å². The monoisotopic (exact) mass is 118 g/mol. The molecule has 0 aromatic carbocycles. The summed E-state index contributed by atoms with van der Waals surface area (Å²) in [6.07, 6.45) is 2.15. The molecule has 0 aromatic heterocycles. The summed E-state index contributed by atoms with van der Waals surface area (Å²) in [5.41, 5.74) is 0.992. The lowest BCUT2D eigenvalue weighted by atomic mass is 10.2. The van der Waals surface area contributed by atoms with Crippen LogP contribution in [0.15, 0.2) is 0 Å². The summed E-state index contributed by atoms with van der Waals surface area (Å²) in [7, 11) is 0. The molecule has 0 atom stereocenters. The Labute approximate surface area is 50.0 Å². The molecule has 0 amide bonds. The Bertz CT molecular complexity index is 61.1. The van der Waals surface area contributed by atoms with Gasteiger partial charge in [0, 0.05) is 6.42 Å². The quantitative estimate of drug-likeness (QED) is 0.383. The molecule has 0 aliphatic rings. The van der Waals surface area contributed by atoms with Crippen LogP contribution in [0.3, 0.4) is 0 Å². The normalized spacial score (nSPS) is 8.86. The molecular formula is C5H12NS+. The Kier molecular flexibility index (Phi) is 4.20. The first-order chi connectivity index (χ1) is 3.31. The third-order valence-electron chi connectivity index (χ3n) is 0.774. The van der Waals surface area contributed by atoms with Crippen molar-refractivity contribution in [3.05, 3.63) is 0 Å². The van der Waals surface area contributed by atoms with Crippen LogP contribution in [0.5, 0.6) is 0 Å². The fourth-order valence-electron chi connectivity index (χ4n) is 0.400. The van der Waals surface area contributed by atoms with Crippen LogP contribution >= 0.6 is 12.6 Å². The minimum absolute atomic E-state index is 0.730. The molecule has 0 fully saturated rings. The number of hydrogen-bond donors (Lipinski definition) is 2. The van der Waals surface area contributed by atoms with E-state index in [1.165, 1.54) is 0 Å². The van der Waals surface area contributed by atoms with Crippen LogP contribution in [0, 0.1) is 0 Å². The lowest BCUT2D eigenvalue weighted by molar-refractivity contribution is -0.116. The fourth-order valence-corrected chi connectivity index (χ4v) is 0.558. The standard InChI is InChI=1S/C5H11NS/c1-2-3-5(6)4-7/h6-7H,2-4H2,1H3/p+1. The first kappa shape index (κ1) is 7.02. The van der Waals surface area contributed by atoms with E-state index in [0.717, 1.165) is 24.3 Å². The molecule has 0 saturated carbocycles. The van der Waals surface area contributed by atoms with E-state index < -0.39 is 0 Å². The maximum atomic E-state index is 5.42. The molecule has 2 N–H and O–H groups in total. The number of hydrogen-bond acceptors (Lipinski definition) is 1. The van der Waals surface area contributed by atoms with Gasteiger partial charge in [0.05, 0.1) is 5.75 Å². The highest BCUT2D eigenvalue weighted by Gasteiger charge is 1.93. The second-order valence-electron chi connectivity index (χ2n) is 1.57. The fraction of sp³-hybridized carbons (Fsp3) is 0.800. The van der Waals surface area contributed by atoms with Crippen LogP contribution in [0.2, 0.25) is 0 Å². The van der Waals surface area contributed by atoms with Gasteiger partial charge in [-0.1, -0.05) is 6.92 Å². The lowest BCUT2D eigenvalue weighted by Crippen LogP contribution is -2.40. The molecule has 0 spiro atoms. The predicted molar refractivity (Wildman–Crippen MR) is 35.7 cm³/mol. The third-order valence-corrected chi connectivity index (χ3v) is 1.18. The summed E-state index contributed by atoms with van der Waals surface area (Å²) in [5, 5.41) is 5.42. The van der Waals surface area contributed by atoms with Crippen LogP contribution < -0.4 is 5.41 Å². The first-order valence-corrected chi connectivity index (χ1v) is 3.15. The molecule has 1 nitrogen and oxygen atoms in total. The van der Waals surface area contributed by atoms with Gasteiger partial charge in [0.15, 0.2) is 5.71 Å². The molecule has 0 aromatic rings. The van der Waals surface area contributed by atoms with Crippen molar-refractivity contribution in [1.29, 1.82) is 0 Å². The molecule has 0 radical (unpaired) electrons. The van der Waals surface area contributed by atoms with Crippen LogP contribution in [0.25, 0.3) is 0 Å². The van der Waals surface area contributed by atoms with E-state index in [4.69, 9.17) is 5.41 Å². The van der Waals surface area contributed by atoms with E-state index in [1.54, 1.807) is 0 Å². The summed E-state index contributed by atoms with van der Waals surface area (Å²) in [6.45, 7) is 2.11. The third kappa shape index (κ3) is 3.86. The van der Waals surface area contributed by atoms with Gasteiger partial charge in [-0.05, 0) is 6.42 Å². The lowest BCUT2D eigenvalue weighted by Gasteiger charge is -1.85. The predicted octanol–water partition coefficient (Wildman–Crippen LogP) is -0.0836. The average molecular weight is 118 g/mol. The van der Waals surface area contributed by atoms with E-state index in [9.17, 15) is 0 Å². The van der Waals surface area contributed by atoms with Crippen molar-refractivity contribution in [2.24, 2.45) is 0 Å². The molecule has 0 rings (SSSR count). The Morgan fingerprint density at radius 2 is 2.29 bits per heavy atom. The molecule has 7 heavy (non-hydrogen) atoms. The van der Waals surface area contributed by atoms with Gasteiger partial charge in [-0.15, -0.1) is 0 Å². The van der Waals surface area contributed by atoms with Gasteiger partial charge < -0.3 is 0 Å². The van der Waals surface area contributed by atoms with Crippen molar-refractivity contribution in [2.45, 2.75) is 19.8 Å². The molecule has 0 aliphatic carbocycles. The Morgan fingerprint density at radius 3 is 2.43 bits per heavy atom. The zero-order valence-electron chi connectivity index (χ0n) is 4.65. The van der Waals surface area contributed by atoms with Gasteiger partial charge in [-0.3, -0.25) is 5.41 Å². The van der Waals surface area contributed by atoms with Crippen molar-refractivity contribution in [1.82, 2.24) is 0 Å². The van der Waals surface area contributed by atoms with Gasteiger partial charge in [-0.25, -0.2) is 0 Å². The molecule has 0 heterocycles. The first-order valence-electron chi connectivity index (χ1n) is 2.52. The topological polar surface area (TPSA) is 25.6 Å². The summed E-state index contributed by atoms with van der Waals surface area (Å²) < 4.78 is 0. The largest absolute Gasteiger partial charge is 0.261 e. The molecule has 42 valence electrons. The Hall–Kier alpha value is 0.0200. The SMILES string of the molecule is CCCC(=[NH2+])CS. The highest BCUT2D eigenvalue weighted by atomic mass is 32.1. The average Bonchev–Trinajstić information content (AvgIpc) is 1.68. The van der Waals surface area contributed by atoms with Gasteiger partial charge >= 0.3 is 0 Å². The zero-order valence-corrected chi connectivity index (χ0v) is 5.54.